The lowest BCUT2D eigenvalue weighted by Crippen LogP contribution is -2.24. The van der Waals surface area contributed by atoms with Gasteiger partial charge in [0, 0.05) is 29.9 Å². The van der Waals surface area contributed by atoms with E-state index in [9.17, 15) is 0 Å². The molecule has 92 valence electrons. The van der Waals surface area contributed by atoms with Crippen molar-refractivity contribution in [3.05, 3.63) is 36.0 Å². The Labute approximate surface area is 108 Å². The molecule has 0 saturated carbocycles. The van der Waals surface area contributed by atoms with E-state index in [0.717, 1.165) is 29.7 Å². The van der Waals surface area contributed by atoms with Crippen LogP contribution < -0.4 is 4.90 Å². The van der Waals surface area contributed by atoms with E-state index in [0.29, 0.717) is 6.42 Å². The number of nitriles is 1. The van der Waals surface area contributed by atoms with Gasteiger partial charge in [-0.15, -0.1) is 0 Å². The summed E-state index contributed by atoms with van der Waals surface area (Å²) >= 11 is 0. The maximum absolute atomic E-state index is 8.74. The fourth-order valence-corrected chi connectivity index (χ4v) is 2.18. The van der Waals surface area contributed by atoms with Gasteiger partial charge in [0.25, 0.3) is 0 Å². The third-order valence-electron chi connectivity index (χ3n) is 3.04. The van der Waals surface area contributed by atoms with Crippen LogP contribution in [0.2, 0.25) is 0 Å². The van der Waals surface area contributed by atoms with Gasteiger partial charge in [0.15, 0.2) is 0 Å². The fourth-order valence-electron chi connectivity index (χ4n) is 2.18. The van der Waals surface area contributed by atoms with Crippen LogP contribution >= 0.6 is 0 Å². The molecule has 0 saturated heterocycles. The highest BCUT2D eigenvalue weighted by Gasteiger charge is 2.09. The number of pyridine rings is 1. The summed E-state index contributed by atoms with van der Waals surface area (Å²) in [6.07, 6.45) is 0.545. The third kappa shape index (κ3) is 2.43. The van der Waals surface area contributed by atoms with Crippen LogP contribution in [-0.4, -0.2) is 18.1 Å². The van der Waals surface area contributed by atoms with Gasteiger partial charge < -0.3 is 4.90 Å². The van der Waals surface area contributed by atoms with Crippen molar-refractivity contribution in [1.82, 2.24) is 4.98 Å². The first-order valence-electron chi connectivity index (χ1n) is 6.24. The minimum Gasteiger partial charge on any atom is -0.370 e. The Balaban J connectivity index is 2.51. The lowest BCUT2D eigenvalue weighted by molar-refractivity contribution is 0.829. The number of nitrogens with zero attached hydrogens (tertiary/aromatic N) is 3. The lowest BCUT2D eigenvalue weighted by Gasteiger charge is -2.23. The summed E-state index contributed by atoms with van der Waals surface area (Å²) in [7, 11) is 0. The molecule has 0 aliphatic heterocycles. The molecule has 1 heterocycles. The van der Waals surface area contributed by atoms with Gasteiger partial charge >= 0.3 is 0 Å². The number of hydrogen-bond acceptors (Lipinski definition) is 3. The molecule has 3 nitrogen and oxygen atoms in total. The molecule has 0 bridgehead atoms. The number of para-hydroxylation sites is 1. The van der Waals surface area contributed by atoms with Crippen molar-refractivity contribution in [2.24, 2.45) is 0 Å². The van der Waals surface area contributed by atoms with Crippen LogP contribution in [0, 0.1) is 18.3 Å². The molecule has 1 aromatic carbocycles. The molecule has 1 aromatic heterocycles. The van der Waals surface area contributed by atoms with Crippen molar-refractivity contribution >= 4 is 16.6 Å². The largest absolute Gasteiger partial charge is 0.370 e. The van der Waals surface area contributed by atoms with E-state index in [1.807, 2.05) is 25.1 Å². The molecule has 2 aromatic rings. The van der Waals surface area contributed by atoms with Gasteiger partial charge in [-0.25, -0.2) is 0 Å². The van der Waals surface area contributed by atoms with Gasteiger partial charge in [-0.05, 0) is 26.0 Å². The molecule has 0 aliphatic carbocycles. The van der Waals surface area contributed by atoms with Crippen LogP contribution in [-0.2, 0) is 0 Å². The number of rotatable bonds is 4. The van der Waals surface area contributed by atoms with Gasteiger partial charge in [-0.1, -0.05) is 18.2 Å². The zero-order chi connectivity index (χ0) is 13.0. The van der Waals surface area contributed by atoms with Gasteiger partial charge in [0.2, 0.25) is 0 Å². The zero-order valence-corrected chi connectivity index (χ0v) is 10.8. The van der Waals surface area contributed by atoms with Crippen molar-refractivity contribution < 1.29 is 0 Å². The predicted molar refractivity (Wildman–Crippen MR) is 74.6 cm³/mol. The first-order valence-corrected chi connectivity index (χ1v) is 6.24. The smallest absolute Gasteiger partial charge is 0.0726 e. The topological polar surface area (TPSA) is 39.9 Å². The molecular weight excluding hydrogens is 222 g/mol. The van der Waals surface area contributed by atoms with Gasteiger partial charge in [-0.3, -0.25) is 4.98 Å². The molecule has 0 amide bonds. The first-order chi connectivity index (χ1) is 8.76. The van der Waals surface area contributed by atoms with E-state index in [4.69, 9.17) is 5.26 Å². The molecule has 0 aliphatic rings. The average molecular weight is 239 g/mol. The molecule has 0 fully saturated rings. The zero-order valence-electron chi connectivity index (χ0n) is 10.8. The SMILES string of the molecule is CCN(CCC#N)c1cc(C)nc2ccccc12. The first kappa shape index (κ1) is 12.4. The summed E-state index contributed by atoms with van der Waals surface area (Å²) in [5, 5.41) is 9.89. The Kier molecular flexibility index (Phi) is 3.78. The molecule has 0 radical (unpaired) electrons. The summed E-state index contributed by atoms with van der Waals surface area (Å²) < 4.78 is 0. The Bertz CT molecular complexity index is 584. The van der Waals surface area contributed by atoms with Crippen LogP contribution in [0.4, 0.5) is 5.69 Å². The van der Waals surface area contributed by atoms with Crippen LogP contribution in [0.3, 0.4) is 0 Å². The number of fused-ring (bicyclic) bond motifs is 1. The molecule has 0 unspecified atom stereocenters. The van der Waals surface area contributed by atoms with Gasteiger partial charge in [0.1, 0.15) is 0 Å². The third-order valence-corrected chi connectivity index (χ3v) is 3.04. The molecule has 18 heavy (non-hydrogen) atoms. The van der Waals surface area contributed by atoms with E-state index in [-0.39, 0.29) is 0 Å². The van der Waals surface area contributed by atoms with E-state index in [1.54, 1.807) is 0 Å². The van der Waals surface area contributed by atoms with E-state index in [2.05, 4.69) is 35.0 Å². The van der Waals surface area contributed by atoms with E-state index < -0.39 is 0 Å². The molecular formula is C15H17N3. The number of anilines is 1. The van der Waals surface area contributed by atoms with Crippen LogP contribution in [0.15, 0.2) is 30.3 Å². The monoisotopic (exact) mass is 239 g/mol. The van der Waals surface area contributed by atoms with Crippen molar-refractivity contribution in [3.8, 4) is 6.07 Å². The highest BCUT2D eigenvalue weighted by Crippen LogP contribution is 2.26. The Morgan fingerprint density at radius 3 is 2.83 bits per heavy atom. The van der Waals surface area contributed by atoms with Crippen molar-refractivity contribution in [1.29, 1.82) is 5.26 Å². The Morgan fingerprint density at radius 1 is 1.33 bits per heavy atom. The standard InChI is InChI=1S/C15H17N3/c1-3-18(10-6-9-16)15-11-12(2)17-14-8-5-4-7-13(14)15/h4-5,7-8,11H,3,6,10H2,1-2H3. The average Bonchev–Trinajstić information content (AvgIpc) is 2.39. The second-order valence-corrected chi connectivity index (χ2v) is 4.29. The van der Waals surface area contributed by atoms with E-state index in [1.165, 1.54) is 5.69 Å². The molecule has 2 rings (SSSR count). The van der Waals surface area contributed by atoms with Crippen LogP contribution in [0.25, 0.3) is 10.9 Å². The number of aromatic nitrogens is 1. The minimum atomic E-state index is 0.545. The Morgan fingerprint density at radius 2 is 2.11 bits per heavy atom. The summed E-state index contributed by atoms with van der Waals surface area (Å²) in [6, 6.07) is 12.5. The van der Waals surface area contributed by atoms with Crippen molar-refractivity contribution in [3.63, 3.8) is 0 Å². The quantitative estimate of drug-likeness (QED) is 0.822. The molecule has 0 atom stereocenters. The second-order valence-electron chi connectivity index (χ2n) is 4.29. The highest BCUT2D eigenvalue weighted by atomic mass is 15.1. The van der Waals surface area contributed by atoms with Crippen molar-refractivity contribution in [2.75, 3.05) is 18.0 Å². The van der Waals surface area contributed by atoms with E-state index >= 15 is 0 Å². The minimum absolute atomic E-state index is 0.545. The van der Waals surface area contributed by atoms with Gasteiger partial charge in [0.05, 0.1) is 18.0 Å². The second kappa shape index (κ2) is 5.50. The molecule has 0 spiro atoms. The maximum Gasteiger partial charge on any atom is 0.0726 e. The summed E-state index contributed by atoms with van der Waals surface area (Å²) in [6.45, 7) is 5.78. The number of aryl methyl sites for hydroxylation is 1. The number of benzene rings is 1. The predicted octanol–water partition coefficient (Wildman–Crippen LogP) is 3.28. The van der Waals surface area contributed by atoms with Gasteiger partial charge in [-0.2, -0.15) is 5.26 Å². The Hall–Kier alpha value is -2.08. The highest BCUT2D eigenvalue weighted by molar-refractivity contribution is 5.91. The summed E-state index contributed by atoms with van der Waals surface area (Å²) in [5.74, 6) is 0. The lowest BCUT2D eigenvalue weighted by atomic mass is 10.1. The number of hydrogen-bond donors (Lipinski definition) is 0. The summed E-state index contributed by atoms with van der Waals surface area (Å²) in [4.78, 5) is 6.78. The molecule has 0 N–H and O–H groups in total. The van der Waals surface area contributed by atoms with Crippen molar-refractivity contribution in [2.45, 2.75) is 20.3 Å². The molecule has 3 heteroatoms. The maximum atomic E-state index is 8.74. The fraction of sp³-hybridized carbons (Fsp3) is 0.333. The normalized spacial score (nSPS) is 10.3. The van der Waals surface area contributed by atoms with Crippen LogP contribution in [0.1, 0.15) is 19.0 Å². The van der Waals surface area contributed by atoms with Crippen LogP contribution in [0.5, 0.6) is 0 Å². The summed E-state index contributed by atoms with van der Waals surface area (Å²) in [5.41, 5.74) is 3.21.